The molecule has 1 fully saturated rings. The molecule has 2 amide bonds. The SMILES string of the molecule is COc1ccc(CCNc2ccc(N3C(=O)C[C@@H](C)C3=O)cc2[N+](=O)[O-])cc1. The van der Waals surface area contributed by atoms with Gasteiger partial charge in [0, 0.05) is 24.9 Å². The predicted octanol–water partition coefficient (Wildman–Crippen LogP) is 3.16. The predicted molar refractivity (Wildman–Crippen MR) is 105 cm³/mol. The lowest BCUT2D eigenvalue weighted by Crippen LogP contribution is -2.30. The van der Waals surface area contributed by atoms with E-state index in [1.54, 1.807) is 20.1 Å². The molecule has 146 valence electrons. The summed E-state index contributed by atoms with van der Waals surface area (Å²) >= 11 is 0. The number of carbonyl (C=O) groups is 2. The summed E-state index contributed by atoms with van der Waals surface area (Å²) in [5, 5.41) is 14.5. The molecule has 0 unspecified atom stereocenters. The minimum Gasteiger partial charge on any atom is -0.497 e. The van der Waals surface area contributed by atoms with E-state index in [4.69, 9.17) is 4.74 Å². The van der Waals surface area contributed by atoms with Crippen molar-refractivity contribution in [3.05, 3.63) is 58.1 Å². The number of hydrogen-bond acceptors (Lipinski definition) is 6. The summed E-state index contributed by atoms with van der Waals surface area (Å²) < 4.78 is 5.12. The van der Waals surface area contributed by atoms with Gasteiger partial charge in [0.25, 0.3) is 5.69 Å². The highest BCUT2D eigenvalue weighted by molar-refractivity contribution is 6.21. The van der Waals surface area contributed by atoms with Crippen LogP contribution in [-0.4, -0.2) is 30.4 Å². The van der Waals surface area contributed by atoms with Crippen LogP contribution in [0.4, 0.5) is 17.1 Å². The molecule has 2 aromatic rings. The van der Waals surface area contributed by atoms with Gasteiger partial charge in [-0.3, -0.25) is 24.6 Å². The summed E-state index contributed by atoms with van der Waals surface area (Å²) in [5.41, 5.74) is 1.46. The van der Waals surface area contributed by atoms with Crippen molar-refractivity contribution in [3.63, 3.8) is 0 Å². The first-order valence-electron chi connectivity index (χ1n) is 8.92. The zero-order valence-electron chi connectivity index (χ0n) is 15.7. The molecule has 1 aliphatic heterocycles. The van der Waals surface area contributed by atoms with Crippen LogP contribution in [0.3, 0.4) is 0 Å². The van der Waals surface area contributed by atoms with Crippen molar-refractivity contribution in [2.45, 2.75) is 19.8 Å². The molecule has 1 N–H and O–H groups in total. The van der Waals surface area contributed by atoms with E-state index in [0.717, 1.165) is 16.2 Å². The Morgan fingerprint density at radius 2 is 1.93 bits per heavy atom. The summed E-state index contributed by atoms with van der Waals surface area (Å²) in [7, 11) is 1.60. The van der Waals surface area contributed by atoms with Gasteiger partial charge in [0.1, 0.15) is 11.4 Å². The van der Waals surface area contributed by atoms with E-state index < -0.39 is 10.8 Å². The van der Waals surface area contributed by atoms with Gasteiger partial charge in [-0.2, -0.15) is 0 Å². The number of nitrogens with zero attached hydrogens (tertiary/aromatic N) is 2. The number of benzene rings is 2. The first kappa shape index (κ1) is 19.3. The molecule has 3 rings (SSSR count). The molecule has 1 heterocycles. The highest BCUT2D eigenvalue weighted by Crippen LogP contribution is 2.33. The Hall–Kier alpha value is -3.42. The number of anilines is 2. The van der Waals surface area contributed by atoms with Gasteiger partial charge >= 0.3 is 0 Å². The lowest BCUT2D eigenvalue weighted by molar-refractivity contribution is -0.383. The molecule has 8 heteroatoms. The Morgan fingerprint density at radius 1 is 1.21 bits per heavy atom. The van der Waals surface area contributed by atoms with Crippen molar-refractivity contribution in [2.75, 3.05) is 23.9 Å². The van der Waals surface area contributed by atoms with Crippen LogP contribution in [-0.2, 0) is 16.0 Å². The topological polar surface area (TPSA) is 102 Å². The van der Waals surface area contributed by atoms with Crippen molar-refractivity contribution >= 4 is 28.9 Å². The standard InChI is InChI=1S/C20H21N3O5/c1-13-11-19(24)22(20(13)25)15-5-8-17(18(12-15)23(26)27)21-10-9-14-3-6-16(28-2)7-4-14/h3-8,12-13,21H,9-11H2,1-2H3/t13-/m1/s1. The number of amides is 2. The fraction of sp³-hybridized carbons (Fsp3) is 0.300. The molecule has 1 aliphatic rings. The molecule has 0 saturated carbocycles. The van der Waals surface area contributed by atoms with Gasteiger partial charge < -0.3 is 10.1 Å². The molecular formula is C20H21N3O5. The summed E-state index contributed by atoms with van der Waals surface area (Å²) in [6.45, 7) is 2.16. The van der Waals surface area contributed by atoms with Gasteiger partial charge in [0.05, 0.1) is 17.7 Å². The van der Waals surface area contributed by atoms with Crippen LogP contribution < -0.4 is 15.0 Å². The van der Waals surface area contributed by atoms with E-state index in [9.17, 15) is 19.7 Å². The smallest absolute Gasteiger partial charge is 0.294 e. The summed E-state index contributed by atoms with van der Waals surface area (Å²) in [6, 6.07) is 11.9. The first-order valence-corrected chi connectivity index (χ1v) is 8.92. The van der Waals surface area contributed by atoms with E-state index in [-0.39, 0.29) is 29.6 Å². The second-order valence-electron chi connectivity index (χ2n) is 6.66. The number of methoxy groups -OCH3 is 1. The number of nitro benzene ring substituents is 1. The van der Waals surface area contributed by atoms with Crippen LogP contribution >= 0.6 is 0 Å². The van der Waals surface area contributed by atoms with Crippen molar-refractivity contribution in [1.82, 2.24) is 0 Å². The fourth-order valence-corrected chi connectivity index (χ4v) is 3.15. The molecule has 1 atom stereocenters. The van der Waals surface area contributed by atoms with Crippen LogP contribution in [0, 0.1) is 16.0 Å². The van der Waals surface area contributed by atoms with E-state index in [1.165, 1.54) is 12.1 Å². The average molecular weight is 383 g/mol. The lowest BCUT2D eigenvalue weighted by Gasteiger charge is -2.15. The van der Waals surface area contributed by atoms with Crippen LogP contribution in [0.15, 0.2) is 42.5 Å². The minimum atomic E-state index is -0.520. The number of rotatable bonds is 7. The lowest BCUT2D eigenvalue weighted by atomic mass is 10.1. The molecule has 0 aliphatic carbocycles. The van der Waals surface area contributed by atoms with Gasteiger partial charge in [-0.25, -0.2) is 0 Å². The molecule has 2 aromatic carbocycles. The molecule has 0 radical (unpaired) electrons. The summed E-state index contributed by atoms with van der Waals surface area (Å²) in [4.78, 5) is 36.2. The van der Waals surface area contributed by atoms with E-state index in [2.05, 4.69) is 5.32 Å². The number of nitro groups is 1. The second kappa shape index (κ2) is 8.08. The van der Waals surface area contributed by atoms with E-state index >= 15 is 0 Å². The van der Waals surface area contributed by atoms with Crippen LogP contribution in [0.2, 0.25) is 0 Å². The molecule has 28 heavy (non-hydrogen) atoms. The van der Waals surface area contributed by atoms with Crippen LogP contribution in [0.25, 0.3) is 0 Å². The maximum absolute atomic E-state index is 12.2. The molecule has 8 nitrogen and oxygen atoms in total. The quantitative estimate of drug-likeness (QED) is 0.448. The highest BCUT2D eigenvalue weighted by Gasteiger charge is 2.37. The molecular weight excluding hydrogens is 362 g/mol. The highest BCUT2D eigenvalue weighted by atomic mass is 16.6. The van der Waals surface area contributed by atoms with Crippen LogP contribution in [0.1, 0.15) is 18.9 Å². The van der Waals surface area contributed by atoms with Gasteiger partial charge in [-0.15, -0.1) is 0 Å². The van der Waals surface area contributed by atoms with Gasteiger partial charge in [-0.05, 0) is 36.2 Å². The number of imide groups is 1. The minimum absolute atomic E-state index is 0.120. The van der Waals surface area contributed by atoms with Crippen molar-refractivity contribution in [3.8, 4) is 5.75 Å². The Labute approximate surface area is 162 Å². The number of carbonyl (C=O) groups excluding carboxylic acids is 2. The molecule has 0 spiro atoms. The largest absolute Gasteiger partial charge is 0.497 e. The monoisotopic (exact) mass is 383 g/mol. The maximum atomic E-state index is 12.2. The Morgan fingerprint density at radius 3 is 2.50 bits per heavy atom. The van der Waals surface area contributed by atoms with Crippen molar-refractivity contribution < 1.29 is 19.2 Å². The zero-order valence-corrected chi connectivity index (χ0v) is 15.7. The third kappa shape index (κ3) is 3.95. The van der Waals surface area contributed by atoms with Gasteiger partial charge in [-0.1, -0.05) is 19.1 Å². The zero-order chi connectivity index (χ0) is 20.3. The average Bonchev–Trinajstić information content (AvgIpc) is 2.94. The van der Waals surface area contributed by atoms with Crippen LogP contribution in [0.5, 0.6) is 5.75 Å². The second-order valence-corrected chi connectivity index (χ2v) is 6.66. The van der Waals surface area contributed by atoms with E-state index in [1.807, 2.05) is 24.3 Å². The Kier molecular flexibility index (Phi) is 5.58. The summed E-state index contributed by atoms with van der Waals surface area (Å²) in [5.74, 6) is -0.316. The number of hydrogen-bond donors (Lipinski definition) is 1. The number of ether oxygens (including phenoxy) is 1. The molecule has 0 aromatic heterocycles. The third-order valence-corrected chi connectivity index (χ3v) is 4.70. The Bertz CT molecular complexity index is 911. The summed E-state index contributed by atoms with van der Waals surface area (Å²) in [6.07, 6.45) is 0.790. The van der Waals surface area contributed by atoms with E-state index in [0.29, 0.717) is 18.7 Å². The maximum Gasteiger partial charge on any atom is 0.294 e. The number of nitrogens with one attached hydrogen (secondary N) is 1. The van der Waals surface area contributed by atoms with Gasteiger partial charge in [0.15, 0.2) is 0 Å². The third-order valence-electron chi connectivity index (χ3n) is 4.70. The first-order chi connectivity index (χ1) is 13.4. The van der Waals surface area contributed by atoms with Crippen molar-refractivity contribution in [1.29, 1.82) is 0 Å². The molecule has 1 saturated heterocycles. The Balaban J connectivity index is 1.73. The normalized spacial score (nSPS) is 16.4. The van der Waals surface area contributed by atoms with Gasteiger partial charge in [0.2, 0.25) is 11.8 Å². The fourth-order valence-electron chi connectivity index (χ4n) is 3.15. The van der Waals surface area contributed by atoms with Crippen molar-refractivity contribution in [2.24, 2.45) is 5.92 Å². The molecule has 0 bridgehead atoms.